The Bertz CT molecular complexity index is 2930. The molecule has 0 unspecified atom stereocenters. The lowest BCUT2D eigenvalue weighted by Gasteiger charge is -2.11. The molecular weight excluding hydrogens is 741 g/mol. The predicted molar refractivity (Wildman–Crippen MR) is 223 cm³/mol. The number of benzene rings is 3. The van der Waals surface area contributed by atoms with Crippen LogP contribution in [-0.4, -0.2) is 55.8 Å². The number of fused-ring (bicyclic) bond motifs is 3. The highest BCUT2D eigenvalue weighted by molar-refractivity contribution is 7.11. The number of furan rings is 1. The number of hydrazone groups is 3. The largest absolute Gasteiger partial charge is 0.463 e. The molecule has 0 aliphatic carbocycles. The van der Waals surface area contributed by atoms with E-state index in [2.05, 4.69) is 63.8 Å². The molecule has 0 fully saturated rings. The molecule has 0 radical (unpaired) electrons. The van der Waals surface area contributed by atoms with E-state index in [1.54, 1.807) is 18.7 Å². The van der Waals surface area contributed by atoms with Crippen LogP contribution in [-0.2, 0) is 20.1 Å². The van der Waals surface area contributed by atoms with E-state index in [1.165, 1.54) is 17.6 Å². The molecule has 3 aromatic carbocycles. The number of nitrogens with one attached hydrogen (secondary N) is 3. The van der Waals surface area contributed by atoms with Crippen LogP contribution in [0.3, 0.4) is 0 Å². The summed E-state index contributed by atoms with van der Waals surface area (Å²) in [7, 11) is 1.96. The Hall–Kier alpha value is -7.40. The molecule has 9 rings (SSSR count). The minimum absolute atomic E-state index is 0.427. The van der Waals surface area contributed by atoms with Crippen LogP contribution >= 0.6 is 11.3 Å². The zero-order valence-electron chi connectivity index (χ0n) is 31.4. The van der Waals surface area contributed by atoms with Crippen LogP contribution in [0, 0.1) is 0 Å². The predicted octanol–water partition coefficient (Wildman–Crippen LogP) is 7.92. The van der Waals surface area contributed by atoms with Crippen molar-refractivity contribution in [2.24, 2.45) is 22.4 Å². The summed E-state index contributed by atoms with van der Waals surface area (Å²) >= 11 is 1.53. The minimum atomic E-state index is 0.427. The Balaban J connectivity index is 1.11. The quantitative estimate of drug-likeness (QED) is 0.0770. The first-order valence-corrected chi connectivity index (χ1v) is 18.9. The Morgan fingerprint density at radius 3 is 2.04 bits per heavy atom. The van der Waals surface area contributed by atoms with Gasteiger partial charge in [0, 0.05) is 18.6 Å². The maximum atomic E-state index is 5.50. The van der Waals surface area contributed by atoms with Gasteiger partial charge in [0.05, 0.1) is 64.4 Å². The lowest BCUT2D eigenvalue weighted by molar-refractivity contribution is 0.546. The second-order valence-electron chi connectivity index (χ2n) is 13.2. The lowest BCUT2D eigenvalue weighted by atomic mass is 10.1. The molecule has 0 aliphatic rings. The number of rotatable bonds is 13. The Morgan fingerprint density at radius 1 is 0.632 bits per heavy atom. The molecule has 0 saturated heterocycles. The van der Waals surface area contributed by atoms with Gasteiger partial charge in [0.1, 0.15) is 28.5 Å². The molecule has 9 aromatic rings. The van der Waals surface area contributed by atoms with Gasteiger partial charge in [0.15, 0.2) is 0 Å². The molecule has 0 spiro atoms. The van der Waals surface area contributed by atoms with Crippen molar-refractivity contribution in [3.63, 3.8) is 0 Å². The van der Waals surface area contributed by atoms with E-state index in [9.17, 15) is 0 Å². The van der Waals surface area contributed by atoms with Crippen molar-refractivity contribution in [3.8, 4) is 0 Å². The first-order chi connectivity index (χ1) is 27.9. The second-order valence-corrected chi connectivity index (χ2v) is 14.1. The molecule has 0 amide bonds. The molecule has 17 heteroatoms. The highest BCUT2D eigenvalue weighted by Gasteiger charge is 2.20. The van der Waals surface area contributed by atoms with Crippen molar-refractivity contribution in [2.45, 2.75) is 33.9 Å². The number of nitrogens with zero attached hydrogens (tertiary/aromatic N) is 11. The summed E-state index contributed by atoms with van der Waals surface area (Å²) in [5, 5.41) is 16.6. The molecule has 0 aliphatic heterocycles. The minimum Gasteiger partial charge on any atom is -0.463 e. The number of para-hydroxylation sites is 4. The Labute approximate surface area is 329 Å². The molecule has 284 valence electrons. The standard InChI is InChI=1S/C40H36N14O2S/c1-24(33-16-9-19-55-33)46-49-38-44-34-27(10-7-14-31(34)52(38)4)23-54-32-15-8-11-28(35(32)45-40(54)51-48-26(3)37-42-18-21-57-37)22-53-30-13-6-5-12-29(30)43-39(53)50-47-25(2)36-41-17-20-56-36/h5-21H,22-23H2,1-4H3,(H,43,50)(H,44,49)(H,45,51)/b46-24+,47-25+,48-26+. The number of oxazole rings is 1. The van der Waals surface area contributed by atoms with Crippen LogP contribution in [0.1, 0.15) is 48.6 Å². The third-order valence-corrected chi connectivity index (χ3v) is 10.4. The maximum Gasteiger partial charge on any atom is 0.242 e. The van der Waals surface area contributed by atoms with Crippen molar-refractivity contribution in [3.05, 3.63) is 131 Å². The van der Waals surface area contributed by atoms with Crippen LogP contribution in [0.25, 0.3) is 33.1 Å². The zero-order chi connectivity index (χ0) is 38.9. The molecule has 16 nitrogen and oxygen atoms in total. The number of aryl methyl sites for hydroxylation is 1. The highest BCUT2D eigenvalue weighted by Crippen LogP contribution is 2.30. The maximum absolute atomic E-state index is 5.50. The van der Waals surface area contributed by atoms with E-state index in [-0.39, 0.29) is 0 Å². The summed E-state index contributed by atoms with van der Waals surface area (Å²) in [5.74, 6) is 2.84. The molecule has 0 saturated carbocycles. The molecule has 0 atom stereocenters. The van der Waals surface area contributed by atoms with E-state index in [0.29, 0.717) is 54.0 Å². The summed E-state index contributed by atoms with van der Waals surface area (Å²) in [5.41, 5.74) is 18.8. The number of aromatic nitrogens is 8. The molecule has 3 N–H and O–H groups in total. The Morgan fingerprint density at radius 2 is 1.30 bits per heavy atom. The average molecular weight is 777 g/mol. The fourth-order valence-electron chi connectivity index (χ4n) is 6.58. The van der Waals surface area contributed by atoms with Crippen molar-refractivity contribution in [1.29, 1.82) is 0 Å². The van der Waals surface area contributed by atoms with E-state index in [1.807, 2.05) is 92.4 Å². The van der Waals surface area contributed by atoms with Gasteiger partial charge >= 0.3 is 0 Å². The van der Waals surface area contributed by atoms with Gasteiger partial charge in [0.25, 0.3) is 0 Å². The van der Waals surface area contributed by atoms with Gasteiger partial charge in [-0.05, 0) is 68.3 Å². The molecule has 6 heterocycles. The Kier molecular flexibility index (Phi) is 9.31. The van der Waals surface area contributed by atoms with Crippen LogP contribution in [0.2, 0.25) is 0 Å². The van der Waals surface area contributed by atoms with Gasteiger partial charge in [-0.15, -0.1) is 11.3 Å². The van der Waals surface area contributed by atoms with Crippen molar-refractivity contribution in [1.82, 2.24) is 38.6 Å². The fraction of sp³-hybridized carbons (Fsp3) is 0.150. The van der Waals surface area contributed by atoms with E-state index >= 15 is 0 Å². The van der Waals surface area contributed by atoms with Crippen LogP contribution < -0.4 is 16.3 Å². The van der Waals surface area contributed by atoms with Gasteiger partial charge < -0.3 is 22.5 Å². The smallest absolute Gasteiger partial charge is 0.242 e. The highest BCUT2D eigenvalue weighted by atomic mass is 32.1. The van der Waals surface area contributed by atoms with Crippen molar-refractivity contribution < 1.29 is 8.83 Å². The zero-order valence-corrected chi connectivity index (χ0v) is 32.2. The normalized spacial score (nSPS) is 12.7. The van der Waals surface area contributed by atoms with E-state index in [0.717, 1.165) is 54.9 Å². The number of hydrogen-bond donors (Lipinski definition) is 3. The van der Waals surface area contributed by atoms with Gasteiger partial charge in [-0.3, -0.25) is 0 Å². The van der Waals surface area contributed by atoms with Gasteiger partial charge in [-0.2, -0.15) is 15.3 Å². The first-order valence-electron chi connectivity index (χ1n) is 18.0. The number of anilines is 3. The second kappa shape index (κ2) is 15.0. The SMILES string of the molecule is C/C(=N\Nc1nc2c(Cn3c(N/N=C(\C)c4nccs4)nc4c(Cn5c(N/N=C(\C)c6ncco6)nc6ccccc65)cccc43)cccc2n1C)c1ccco1. The van der Waals surface area contributed by atoms with Crippen LogP contribution in [0.5, 0.6) is 0 Å². The molecule has 0 bridgehead atoms. The first kappa shape index (κ1) is 35.3. The summed E-state index contributed by atoms with van der Waals surface area (Å²) in [6, 6.07) is 24.0. The topological polar surface area (TPSA) is 179 Å². The average Bonchev–Trinajstić information content (AvgIpc) is 4.09. The van der Waals surface area contributed by atoms with Crippen LogP contribution in [0.4, 0.5) is 17.8 Å². The number of imidazole rings is 3. The summed E-state index contributed by atoms with van der Waals surface area (Å²) in [6.45, 7) is 6.54. The third-order valence-electron chi connectivity index (χ3n) is 9.50. The van der Waals surface area contributed by atoms with E-state index < -0.39 is 0 Å². The number of hydrogen-bond acceptors (Lipinski definition) is 14. The van der Waals surface area contributed by atoms with E-state index in [4.69, 9.17) is 28.9 Å². The summed E-state index contributed by atoms with van der Waals surface area (Å²) in [6.07, 6.45) is 6.50. The van der Waals surface area contributed by atoms with Crippen molar-refractivity contribution >= 4 is 79.4 Å². The summed E-state index contributed by atoms with van der Waals surface area (Å²) in [4.78, 5) is 23.7. The molecular formula is C40H36N14O2S. The third kappa shape index (κ3) is 6.91. The van der Waals surface area contributed by atoms with Gasteiger partial charge in [-0.25, -0.2) is 41.2 Å². The summed E-state index contributed by atoms with van der Waals surface area (Å²) < 4.78 is 17.1. The van der Waals surface area contributed by atoms with Crippen molar-refractivity contribution in [2.75, 3.05) is 16.3 Å². The molecule has 57 heavy (non-hydrogen) atoms. The molecule has 6 aromatic heterocycles. The van der Waals surface area contributed by atoms with Gasteiger partial charge in [-0.1, -0.05) is 36.4 Å². The van der Waals surface area contributed by atoms with Crippen LogP contribution in [0.15, 0.2) is 127 Å². The fourth-order valence-corrected chi connectivity index (χ4v) is 7.17. The number of thiazole rings is 1. The lowest BCUT2D eigenvalue weighted by Crippen LogP contribution is -2.08. The van der Waals surface area contributed by atoms with Gasteiger partial charge in [0.2, 0.25) is 23.7 Å². The monoisotopic (exact) mass is 776 g/mol.